The number of nitrogens with one attached hydrogen (secondary N) is 2. The molecule has 0 aliphatic carbocycles. The second kappa shape index (κ2) is 3.61. The van der Waals surface area contributed by atoms with Crippen LogP contribution >= 0.6 is 0 Å². The molecule has 0 spiro atoms. The van der Waals surface area contributed by atoms with Crippen LogP contribution in [0.1, 0.15) is 0 Å². The molecule has 0 atom stereocenters. The molecule has 1 saturated heterocycles. The highest BCUT2D eigenvalue weighted by atomic mass is 16.7. The molecule has 13 heavy (non-hydrogen) atoms. The van der Waals surface area contributed by atoms with Crippen LogP contribution < -0.4 is 21.6 Å². The second-order valence-corrected chi connectivity index (χ2v) is 2.75. The summed E-state index contributed by atoms with van der Waals surface area (Å²) in [5.74, 6) is 5.25. The number of hydroxylamine groups is 1. The molecule has 1 fully saturated rings. The fraction of sp³-hybridized carbons (Fsp3) is 0.250. The fourth-order valence-electron chi connectivity index (χ4n) is 1.21. The normalized spacial score (nSPS) is 16.2. The van der Waals surface area contributed by atoms with Crippen molar-refractivity contribution in [3.8, 4) is 0 Å². The molecular formula is C8H12N4O. The van der Waals surface area contributed by atoms with Gasteiger partial charge in [0.05, 0.1) is 12.4 Å². The van der Waals surface area contributed by atoms with Crippen molar-refractivity contribution in [2.24, 2.45) is 5.84 Å². The first-order valence-electron chi connectivity index (χ1n) is 4.08. The van der Waals surface area contributed by atoms with Crippen LogP contribution in [0.2, 0.25) is 0 Å². The van der Waals surface area contributed by atoms with Gasteiger partial charge in [-0.1, -0.05) is 0 Å². The monoisotopic (exact) mass is 180 g/mol. The Kier molecular flexibility index (Phi) is 2.31. The van der Waals surface area contributed by atoms with Gasteiger partial charge < -0.3 is 5.43 Å². The van der Waals surface area contributed by atoms with Gasteiger partial charge in [-0.15, -0.1) is 0 Å². The third-order valence-corrected chi connectivity index (χ3v) is 1.90. The van der Waals surface area contributed by atoms with Gasteiger partial charge in [0.2, 0.25) is 0 Å². The van der Waals surface area contributed by atoms with E-state index >= 15 is 0 Å². The molecule has 5 heteroatoms. The predicted octanol–water partition coefficient (Wildman–Crippen LogP) is 0.228. The highest BCUT2D eigenvalue weighted by Crippen LogP contribution is 2.18. The topological polar surface area (TPSA) is 62.5 Å². The van der Waals surface area contributed by atoms with Gasteiger partial charge >= 0.3 is 0 Å². The number of anilines is 2. The first-order valence-corrected chi connectivity index (χ1v) is 4.08. The van der Waals surface area contributed by atoms with Crippen LogP contribution in [-0.2, 0) is 4.84 Å². The van der Waals surface area contributed by atoms with Gasteiger partial charge in [-0.25, -0.2) is 5.06 Å². The van der Waals surface area contributed by atoms with Crippen LogP contribution in [0.4, 0.5) is 11.4 Å². The van der Waals surface area contributed by atoms with E-state index in [1.54, 1.807) is 5.06 Å². The summed E-state index contributed by atoms with van der Waals surface area (Å²) in [4.78, 5) is 5.28. The summed E-state index contributed by atoms with van der Waals surface area (Å²) in [6, 6.07) is 7.69. The number of hydrogen-bond donors (Lipinski definition) is 3. The first-order chi connectivity index (χ1) is 6.40. The van der Waals surface area contributed by atoms with Crippen molar-refractivity contribution in [1.29, 1.82) is 0 Å². The van der Waals surface area contributed by atoms with E-state index < -0.39 is 0 Å². The summed E-state index contributed by atoms with van der Waals surface area (Å²) in [7, 11) is 0. The van der Waals surface area contributed by atoms with Gasteiger partial charge in [0.1, 0.15) is 6.73 Å². The van der Waals surface area contributed by atoms with E-state index in [4.69, 9.17) is 10.7 Å². The van der Waals surface area contributed by atoms with Crippen molar-refractivity contribution < 1.29 is 4.84 Å². The summed E-state index contributed by atoms with van der Waals surface area (Å²) in [5, 5.41) is 4.85. The zero-order chi connectivity index (χ0) is 9.10. The number of rotatable bonds is 2. The Morgan fingerprint density at radius 1 is 1.38 bits per heavy atom. The van der Waals surface area contributed by atoms with E-state index in [1.165, 1.54) is 0 Å². The van der Waals surface area contributed by atoms with Crippen molar-refractivity contribution in [3.63, 3.8) is 0 Å². The van der Waals surface area contributed by atoms with E-state index in [1.807, 2.05) is 24.3 Å². The SMILES string of the molecule is NNc1ccc(N2CNCO2)cc1. The molecule has 0 saturated carbocycles. The van der Waals surface area contributed by atoms with E-state index in [0.29, 0.717) is 6.73 Å². The third kappa shape index (κ3) is 1.72. The molecule has 1 aromatic carbocycles. The zero-order valence-corrected chi connectivity index (χ0v) is 7.16. The van der Waals surface area contributed by atoms with Crippen LogP contribution in [0.15, 0.2) is 24.3 Å². The minimum absolute atomic E-state index is 0.566. The minimum Gasteiger partial charge on any atom is -0.324 e. The molecule has 1 aliphatic heterocycles. The van der Waals surface area contributed by atoms with Crippen LogP contribution in [0.5, 0.6) is 0 Å². The lowest BCUT2D eigenvalue weighted by Gasteiger charge is -2.14. The molecule has 5 nitrogen and oxygen atoms in total. The average molecular weight is 180 g/mol. The van der Waals surface area contributed by atoms with E-state index in [0.717, 1.165) is 18.0 Å². The van der Waals surface area contributed by atoms with Gasteiger partial charge in [-0.3, -0.25) is 16.0 Å². The van der Waals surface area contributed by atoms with Crippen molar-refractivity contribution in [3.05, 3.63) is 24.3 Å². The number of nitrogen functional groups attached to an aromatic ring is 1. The maximum atomic E-state index is 5.28. The van der Waals surface area contributed by atoms with Crippen molar-refractivity contribution in [2.75, 3.05) is 23.9 Å². The van der Waals surface area contributed by atoms with Gasteiger partial charge in [-0.05, 0) is 24.3 Å². The third-order valence-electron chi connectivity index (χ3n) is 1.90. The van der Waals surface area contributed by atoms with Crippen LogP contribution in [-0.4, -0.2) is 13.4 Å². The maximum Gasteiger partial charge on any atom is 0.127 e. The molecule has 0 aromatic heterocycles. The summed E-state index contributed by atoms with van der Waals surface area (Å²) in [5.41, 5.74) is 4.47. The van der Waals surface area contributed by atoms with Crippen LogP contribution in [0, 0.1) is 0 Å². The maximum absolute atomic E-state index is 5.28. The van der Waals surface area contributed by atoms with E-state index in [2.05, 4.69) is 10.7 Å². The number of hydrazine groups is 1. The zero-order valence-electron chi connectivity index (χ0n) is 7.16. The number of nitrogens with two attached hydrogens (primary N) is 1. The number of benzene rings is 1. The Morgan fingerprint density at radius 2 is 2.15 bits per heavy atom. The lowest BCUT2D eigenvalue weighted by molar-refractivity contribution is 0.163. The highest BCUT2D eigenvalue weighted by molar-refractivity contribution is 5.53. The Bertz CT molecular complexity index is 268. The van der Waals surface area contributed by atoms with Crippen molar-refractivity contribution >= 4 is 11.4 Å². The standard InChI is InChI=1S/C8H12N4O/c9-11-7-1-3-8(4-2-7)12-5-10-6-13-12/h1-4,10-11H,5-6,9H2. The molecule has 1 heterocycles. The number of nitrogens with zero attached hydrogens (tertiary/aromatic N) is 1. The smallest absolute Gasteiger partial charge is 0.127 e. The molecule has 1 aliphatic rings. The van der Waals surface area contributed by atoms with Gasteiger partial charge in [-0.2, -0.15) is 0 Å². The van der Waals surface area contributed by atoms with Gasteiger partial charge in [0.25, 0.3) is 0 Å². The Balaban J connectivity index is 2.12. The largest absolute Gasteiger partial charge is 0.324 e. The Hall–Kier alpha value is -1.30. The first kappa shape index (κ1) is 8.31. The minimum atomic E-state index is 0.566. The van der Waals surface area contributed by atoms with Gasteiger partial charge in [0, 0.05) is 5.69 Å². The quantitative estimate of drug-likeness (QED) is 0.449. The van der Waals surface area contributed by atoms with Crippen molar-refractivity contribution in [2.45, 2.75) is 0 Å². The highest BCUT2D eigenvalue weighted by Gasteiger charge is 2.11. The molecule has 0 amide bonds. The fourth-order valence-corrected chi connectivity index (χ4v) is 1.21. The van der Waals surface area contributed by atoms with Crippen LogP contribution in [0.3, 0.4) is 0 Å². The van der Waals surface area contributed by atoms with Crippen LogP contribution in [0.25, 0.3) is 0 Å². The molecule has 0 bridgehead atoms. The molecule has 4 N–H and O–H groups in total. The van der Waals surface area contributed by atoms with E-state index in [-0.39, 0.29) is 0 Å². The second-order valence-electron chi connectivity index (χ2n) is 2.75. The summed E-state index contributed by atoms with van der Waals surface area (Å²) >= 11 is 0. The molecular weight excluding hydrogens is 168 g/mol. The molecule has 0 unspecified atom stereocenters. The molecule has 0 radical (unpaired) electrons. The summed E-state index contributed by atoms with van der Waals surface area (Å²) < 4.78 is 0. The molecule has 70 valence electrons. The predicted molar refractivity (Wildman–Crippen MR) is 50.7 cm³/mol. The lowest BCUT2D eigenvalue weighted by Crippen LogP contribution is -2.19. The average Bonchev–Trinajstić information content (AvgIpc) is 2.71. The molecule has 1 aromatic rings. The summed E-state index contributed by atoms with van der Waals surface area (Å²) in [6.07, 6.45) is 0. The Labute approximate surface area is 76.4 Å². The number of hydrogen-bond acceptors (Lipinski definition) is 5. The Morgan fingerprint density at radius 3 is 2.69 bits per heavy atom. The van der Waals surface area contributed by atoms with Gasteiger partial charge in [0.15, 0.2) is 0 Å². The summed E-state index contributed by atoms with van der Waals surface area (Å²) in [6.45, 7) is 1.28. The van der Waals surface area contributed by atoms with E-state index in [9.17, 15) is 0 Å². The molecule has 2 rings (SSSR count). The lowest BCUT2D eigenvalue weighted by atomic mass is 10.3. The van der Waals surface area contributed by atoms with Crippen molar-refractivity contribution in [1.82, 2.24) is 5.32 Å².